The molecule has 2 atom stereocenters. The van der Waals surface area contributed by atoms with Crippen LogP contribution in [0.4, 0.5) is 0 Å². The molecular weight excluding hydrogens is 232 g/mol. The maximum absolute atomic E-state index is 11.7. The van der Waals surface area contributed by atoms with Crippen LogP contribution in [0, 0.1) is 0 Å². The second kappa shape index (κ2) is 6.50. The highest BCUT2D eigenvalue weighted by molar-refractivity contribution is 5.75. The summed E-state index contributed by atoms with van der Waals surface area (Å²) in [5, 5.41) is 3.17. The number of nitrogens with zero attached hydrogens (tertiary/aromatic N) is 1. The summed E-state index contributed by atoms with van der Waals surface area (Å²) in [4.78, 5) is 13.9. The van der Waals surface area contributed by atoms with Gasteiger partial charge in [-0.25, -0.2) is 0 Å². The van der Waals surface area contributed by atoms with Gasteiger partial charge in [0.2, 0.25) is 0 Å². The summed E-state index contributed by atoms with van der Waals surface area (Å²) in [6.45, 7) is 11.3. The minimum absolute atomic E-state index is 0.162. The molecule has 106 valence electrons. The molecule has 18 heavy (non-hydrogen) atoms. The van der Waals surface area contributed by atoms with Crippen molar-refractivity contribution in [1.82, 2.24) is 10.2 Å². The first-order chi connectivity index (χ1) is 8.38. The summed E-state index contributed by atoms with van der Waals surface area (Å²) in [6.07, 6.45) is 0.189. The van der Waals surface area contributed by atoms with Crippen molar-refractivity contribution in [2.45, 2.75) is 45.4 Å². The zero-order chi connectivity index (χ0) is 13.8. The first kappa shape index (κ1) is 15.4. The highest BCUT2D eigenvalue weighted by Crippen LogP contribution is 2.20. The van der Waals surface area contributed by atoms with Gasteiger partial charge < -0.3 is 14.8 Å². The molecule has 0 aromatic heterocycles. The van der Waals surface area contributed by atoms with Gasteiger partial charge in [0, 0.05) is 19.6 Å². The average Bonchev–Trinajstić information content (AvgIpc) is 2.24. The number of likely N-dealkylation sites (N-methyl/N-ethyl adjacent to an activating group) is 1. The Morgan fingerprint density at radius 3 is 2.78 bits per heavy atom. The molecule has 0 saturated carbocycles. The number of nitrogens with one attached hydrogen (secondary N) is 1. The first-order valence-electron chi connectivity index (χ1n) is 6.59. The summed E-state index contributed by atoms with van der Waals surface area (Å²) in [7, 11) is 1.43. The van der Waals surface area contributed by atoms with Gasteiger partial charge in [-0.1, -0.05) is 6.92 Å². The molecule has 0 amide bonds. The Hall–Kier alpha value is -0.650. The second-order valence-electron chi connectivity index (χ2n) is 5.52. The minimum Gasteiger partial charge on any atom is -0.468 e. The van der Waals surface area contributed by atoms with E-state index in [1.807, 2.05) is 6.92 Å². The van der Waals surface area contributed by atoms with Gasteiger partial charge in [-0.3, -0.25) is 9.69 Å². The van der Waals surface area contributed by atoms with Crippen molar-refractivity contribution >= 4 is 5.97 Å². The first-order valence-corrected chi connectivity index (χ1v) is 6.59. The van der Waals surface area contributed by atoms with Gasteiger partial charge in [0.25, 0.3) is 0 Å². The van der Waals surface area contributed by atoms with Crippen molar-refractivity contribution in [3.63, 3.8) is 0 Å². The van der Waals surface area contributed by atoms with Crippen LogP contribution in [0.2, 0.25) is 0 Å². The zero-order valence-electron chi connectivity index (χ0n) is 12.2. The van der Waals surface area contributed by atoms with Crippen LogP contribution in [0.5, 0.6) is 0 Å². The number of carbonyl (C=O) groups is 1. The topological polar surface area (TPSA) is 50.8 Å². The summed E-state index contributed by atoms with van der Waals surface area (Å²) >= 11 is 0. The number of hydrogen-bond acceptors (Lipinski definition) is 5. The molecule has 0 aromatic rings. The van der Waals surface area contributed by atoms with Crippen LogP contribution in [0.1, 0.15) is 27.7 Å². The van der Waals surface area contributed by atoms with Crippen LogP contribution >= 0.6 is 0 Å². The van der Waals surface area contributed by atoms with Gasteiger partial charge in [-0.05, 0) is 27.3 Å². The quantitative estimate of drug-likeness (QED) is 0.733. The zero-order valence-corrected chi connectivity index (χ0v) is 12.2. The fraction of sp³-hybridized carbons (Fsp3) is 0.923. The Labute approximate surface area is 110 Å². The van der Waals surface area contributed by atoms with Crippen LogP contribution < -0.4 is 5.32 Å². The van der Waals surface area contributed by atoms with Gasteiger partial charge in [-0.2, -0.15) is 0 Å². The smallest absolute Gasteiger partial charge is 0.324 e. The van der Waals surface area contributed by atoms with E-state index in [9.17, 15) is 4.79 Å². The Kier molecular flexibility index (Phi) is 5.56. The Bertz CT molecular complexity index is 281. The Morgan fingerprint density at radius 2 is 2.28 bits per heavy atom. The standard InChI is InChI=1S/C13H26N2O3/c1-6-14-11(12(16)17-5)8-15-7-10(2)18-13(3,4)9-15/h10-11,14H,6-9H2,1-5H3. The SMILES string of the molecule is CCNC(CN1CC(C)OC(C)(C)C1)C(=O)OC. The lowest BCUT2D eigenvalue weighted by atomic mass is 10.0. The molecule has 1 saturated heterocycles. The Morgan fingerprint density at radius 1 is 1.61 bits per heavy atom. The molecule has 0 aliphatic carbocycles. The number of ether oxygens (including phenoxy) is 2. The van der Waals surface area contributed by atoms with E-state index in [0.29, 0.717) is 6.54 Å². The lowest BCUT2D eigenvalue weighted by Gasteiger charge is -2.42. The van der Waals surface area contributed by atoms with Crippen LogP contribution in [0.25, 0.3) is 0 Å². The van der Waals surface area contributed by atoms with Gasteiger partial charge in [0.05, 0.1) is 18.8 Å². The van der Waals surface area contributed by atoms with E-state index < -0.39 is 0 Å². The molecule has 1 fully saturated rings. The number of rotatable bonds is 5. The van der Waals surface area contributed by atoms with Gasteiger partial charge >= 0.3 is 5.97 Å². The highest BCUT2D eigenvalue weighted by Gasteiger charge is 2.33. The predicted octanol–water partition coefficient (Wildman–Crippen LogP) is 0.637. The van der Waals surface area contributed by atoms with E-state index in [-0.39, 0.29) is 23.7 Å². The van der Waals surface area contributed by atoms with Crippen LogP contribution in [-0.2, 0) is 14.3 Å². The van der Waals surface area contributed by atoms with Crippen LogP contribution in [0.3, 0.4) is 0 Å². The summed E-state index contributed by atoms with van der Waals surface area (Å²) in [5.41, 5.74) is -0.162. The van der Waals surface area contributed by atoms with E-state index in [1.165, 1.54) is 7.11 Å². The highest BCUT2D eigenvalue weighted by atomic mass is 16.5. The number of carbonyl (C=O) groups excluding carboxylic acids is 1. The maximum atomic E-state index is 11.7. The molecule has 1 aliphatic heterocycles. The fourth-order valence-electron chi connectivity index (χ4n) is 2.59. The molecule has 1 aliphatic rings. The molecule has 1 rings (SSSR count). The molecule has 2 unspecified atom stereocenters. The molecule has 5 heteroatoms. The summed E-state index contributed by atoms with van der Waals surface area (Å²) < 4.78 is 10.7. The monoisotopic (exact) mass is 258 g/mol. The van der Waals surface area contributed by atoms with Crippen molar-refractivity contribution in [2.75, 3.05) is 33.3 Å². The average molecular weight is 258 g/mol. The molecule has 5 nitrogen and oxygen atoms in total. The Balaban J connectivity index is 2.60. The lowest BCUT2D eigenvalue weighted by Crippen LogP contribution is -2.56. The summed E-state index contributed by atoms with van der Waals surface area (Å²) in [5.74, 6) is -0.200. The number of hydrogen-bond donors (Lipinski definition) is 1. The van der Waals surface area contributed by atoms with Crippen molar-refractivity contribution in [2.24, 2.45) is 0 Å². The van der Waals surface area contributed by atoms with Crippen LogP contribution in [0.15, 0.2) is 0 Å². The summed E-state index contributed by atoms with van der Waals surface area (Å²) in [6, 6.07) is -0.263. The minimum atomic E-state index is -0.263. The second-order valence-corrected chi connectivity index (χ2v) is 5.52. The molecule has 0 spiro atoms. The molecule has 0 radical (unpaired) electrons. The van der Waals surface area contributed by atoms with Crippen molar-refractivity contribution in [3.05, 3.63) is 0 Å². The molecule has 1 heterocycles. The van der Waals surface area contributed by atoms with E-state index in [4.69, 9.17) is 9.47 Å². The van der Waals surface area contributed by atoms with E-state index >= 15 is 0 Å². The van der Waals surface area contributed by atoms with Crippen molar-refractivity contribution in [1.29, 1.82) is 0 Å². The molecule has 0 bridgehead atoms. The van der Waals surface area contributed by atoms with Crippen LogP contribution in [-0.4, -0.2) is 61.9 Å². The van der Waals surface area contributed by atoms with Gasteiger partial charge in [0.15, 0.2) is 0 Å². The number of methoxy groups -OCH3 is 1. The van der Waals surface area contributed by atoms with Crippen molar-refractivity contribution in [3.8, 4) is 0 Å². The normalized spacial score (nSPS) is 25.7. The van der Waals surface area contributed by atoms with E-state index in [0.717, 1.165) is 19.6 Å². The lowest BCUT2D eigenvalue weighted by molar-refractivity contribution is -0.148. The van der Waals surface area contributed by atoms with Gasteiger partial charge in [0.1, 0.15) is 6.04 Å². The third-order valence-electron chi connectivity index (χ3n) is 3.02. The van der Waals surface area contributed by atoms with E-state index in [2.05, 4.69) is 31.0 Å². The largest absolute Gasteiger partial charge is 0.468 e. The third kappa shape index (κ3) is 4.55. The molecule has 0 aromatic carbocycles. The molecular formula is C13H26N2O3. The third-order valence-corrected chi connectivity index (χ3v) is 3.02. The van der Waals surface area contributed by atoms with Gasteiger partial charge in [-0.15, -0.1) is 0 Å². The number of morpholine rings is 1. The molecule has 1 N–H and O–H groups in total. The number of esters is 1. The van der Waals surface area contributed by atoms with Crippen molar-refractivity contribution < 1.29 is 14.3 Å². The fourth-order valence-corrected chi connectivity index (χ4v) is 2.59. The van der Waals surface area contributed by atoms with E-state index in [1.54, 1.807) is 0 Å². The predicted molar refractivity (Wildman–Crippen MR) is 70.5 cm³/mol. The maximum Gasteiger partial charge on any atom is 0.324 e.